The number of fused-ring (bicyclic) bond motifs is 2. The molecule has 1 N–H and O–H groups in total. The highest BCUT2D eigenvalue weighted by atomic mass is 32.2. The van der Waals surface area contributed by atoms with E-state index >= 15 is 0 Å². The number of rotatable bonds is 6. The summed E-state index contributed by atoms with van der Waals surface area (Å²) in [6, 6.07) is 13.5. The molecular formula is C28H27N3O6S2. The summed E-state index contributed by atoms with van der Waals surface area (Å²) in [6.07, 6.45) is 0. The fraction of sp³-hybridized carbons (Fsp3) is 0.321. The van der Waals surface area contributed by atoms with Gasteiger partial charge in [0.15, 0.2) is 0 Å². The molecule has 2 aliphatic rings. The number of aromatic nitrogens is 1. The molecular weight excluding hydrogens is 538 g/mol. The number of thiazole rings is 1. The molecule has 1 fully saturated rings. The van der Waals surface area contributed by atoms with Crippen molar-refractivity contribution in [3.8, 4) is 0 Å². The molecule has 0 radical (unpaired) electrons. The van der Waals surface area contributed by atoms with Gasteiger partial charge < -0.3 is 10.1 Å². The number of benzene rings is 2. The zero-order chi connectivity index (χ0) is 28.1. The molecule has 1 aromatic heterocycles. The number of thioether (sulfide) groups is 1. The predicted octanol–water partition coefficient (Wildman–Crippen LogP) is 3.98. The smallest absolute Gasteiger partial charge is 0.338 e. The highest BCUT2D eigenvalue weighted by Gasteiger charge is 2.59. The summed E-state index contributed by atoms with van der Waals surface area (Å²) in [4.78, 5) is 66.5. The molecule has 0 aliphatic carbocycles. The number of nitrogens with zero attached hydrogens (tertiary/aromatic N) is 2. The van der Waals surface area contributed by atoms with Crippen LogP contribution in [0.25, 0.3) is 0 Å². The highest BCUT2D eigenvalue weighted by Crippen LogP contribution is 2.54. The zero-order valence-electron chi connectivity index (χ0n) is 21.8. The van der Waals surface area contributed by atoms with E-state index in [1.165, 1.54) is 21.2 Å². The molecule has 2 aromatic carbocycles. The molecule has 202 valence electrons. The lowest BCUT2D eigenvalue weighted by molar-refractivity contribution is -0.123. The minimum Gasteiger partial charge on any atom is -0.462 e. The van der Waals surface area contributed by atoms with Crippen LogP contribution in [0.2, 0.25) is 0 Å². The Hall–Kier alpha value is -3.70. The maximum Gasteiger partial charge on any atom is 0.338 e. The third-order valence-corrected chi connectivity index (χ3v) is 9.80. The molecule has 2 aliphatic heterocycles. The van der Waals surface area contributed by atoms with Crippen molar-refractivity contribution in [2.75, 3.05) is 16.8 Å². The molecule has 3 amide bonds. The summed E-state index contributed by atoms with van der Waals surface area (Å²) >= 11 is 2.18. The van der Waals surface area contributed by atoms with Crippen LogP contribution in [0.3, 0.4) is 0 Å². The highest BCUT2D eigenvalue weighted by molar-refractivity contribution is 8.00. The Bertz CT molecular complexity index is 1540. The quantitative estimate of drug-likeness (QED) is 0.355. The molecule has 0 bridgehead atoms. The van der Waals surface area contributed by atoms with Crippen molar-refractivity contribution in [1.82, 2.24) is 4.57 Å². The monoisotopic (exact) mass is 565 g/mol. The van der Waals surface area contributed by atoms with Crippen molar-refractivity contribution in [1.29, 1.82) is 0 Å². The van der Waals surface area contributed by atoms with E-state index in [2.05, 4.69) is 5.32 Å². The first kappa shape index (κ1) is 26.9. The number of esters is 1. The largest absolute Gasteiger partial charge is 0.462 e. The second kappa shape index (κ2) is 10.1. The van der Waals surface area contributed by atoms with E-state index in [4.69, 9.17) is 4.74 Å². The second-order valence-electron chi connectivity index (χ2n) is 10.0. The molecule has 5 rings (SSSR count). The summed E-state index contributed by atoms with van der Waals surface area (Å²) in [5.41, 5.74) is 1.58. The van der Waals surface area contributed by atoms with E-state index in [0.29, 0.717) is 26.8 Å². The molecule has 2 atom stereocenters. The average Bonchev–Trinajstić information content (AvgIpc) is 3.34. The van der Waals surface area contributed by atoms with E-state index in [-0.39, 0.29) is 29.8 Å². The molecule has 39 heavy (non-hydrogen) atoms. The Morgan fingerprint density at radius 3 is 2.31 bits per heavy atom. The number of nitrogens with one attached hydrogen (secondary N) is 1. The number of aryl methyl sites for hydroxylation is 1. The lowest BCUT2D eigenvalue weighted by Crippen LogP contribution is -2.41. The minimum absolute atomic E-state index is 0.255. The van der Waals surface area contributed by atoms with Crippen molar-refractivity contribution in [2.45, 2.75) is 49.9 Å². The van der Waals surface area contributed by atoms with E-state index in [1.54, 1.807) is 43.3 Å². The molecule has 3 aromatic rings. The van der Waals surface area contributed by atoms with Crippen LogP contribution in [0, 0.1) is 12.8 Å². The normalized spacial score (nSPS) is 19.4. The summed E-state index contributed by atoms with van der Waals surface area (Å²) < 4.78 is 6.34. The maximum atomic E-state index is 13.6. The van der Waals surface area contributed by atoms with Gasteiger partial charge >= 0.3 is 10.8 Å². The van der Waals surface area contributed by atoms with E-state index in [0.717, 1.165) is 16.9 Å². The first-order valence-corrected chi connectivity index (χ1v) is 14.1. The van der Waals surface area contributed by atoms with Crippen LogP contribution in [0.15, 0.2) is 58.4 Å². The van der Waals surface area contributed by atoms with Gasteiger partial charge in [-0.15, -0.1) is 0 Å². The summed E-state index contributed by atoms with van der Waals surface area (Å²) in [7, 11) is 0. The topological polar surface area (TPSA) is 115 Å². The number of carbonyl (C=O) groups excluding carboxylic acids is 4. The fourth-order valence-corrected chi connectivity index (χ4v) is 8.00. The summed E-state index contributed by atoms with van der Waals surface area (Å²) in [5, 5.41) is 2.57. The van der Waals surface area contributed by atoms with Crippen molar-refractivity contribution < 1.29 is 23.9 Å². The van der Waals surface area contributed by atoms with Crippen LogP contribution >= 0.6 is 23.1 Å². The number of imide groups is 1. The number of hydrogen-bond donors (Lipinski definition) is 1. The third-order valence-electron chi connectivity index (χ3n) is 6.98. The standard InChI is InChI=1S/C28H27N3O6S2/c1-5-37-26(35)16-8-10-17(11-9-16)29-19(32)14-30-25-22(39-27(30)36)28(3,4)20-21(38-25)24(34)31(23(20)33)18-12-6-15(2)7-13-18/h6-13,20-21H,5,14H2,1-4H3,(H,29,32)/t20-,21+/m1/s1. The zero-order valence-corrected chi connectivity index (χ0v) is 23.5. The number of amides is 3. The van der Waals surface area contributed by atoms with E-state index in [1.807, 2.05) is 32.9 Å². The third kappa shape index (κ3) is 4.70. The molecule has 9 nitrogen and oxygen atoms in total. The Morgan fingerprint density at radius 1 is 1.00 bits per heavy atom. The van der Waals surface area contributed by atoms with Crippen molar-refractivity contribution in [3.63, 3.8) is 0 Å². The van der Waals surface area contributed by atoms with Gasteiger partial charge in [-0.1, -0.05) is 54.6 Å². The van der Waals surface area contributed by atoms with Gasteiger partial charge in [0, 0.05) is 16.0 Å². The van der Waals surface area contributed by atoms with Gasteiger partial charge in [-0.2, -0.15) is 0 Å². The van der Waals surface area contributed by atoms with Crippen molar-refractivity contribution in [2.24, 2.45) is 5.92 Å². The number of ether oxygens (including phenoxy) is 1. The molecule has 0 unspecified atom stereocenters. The maximum absolute atomic E-state index is 13.6. The van der Waals surface area contributed by atoms with Gasteiger partial charge in [0.2, 0.25) is 17.7 Å². The van der Waals surface area contributed by atoms with E-state index < -0.39 is 28.5 Å². The van der Waals surface area contributed by atoms with Gasteiger partial charge in [0.25, 0.3) is 0 Å². The van der Waals surface area contributed by atoms with Gasteiger partial charge in [0.1, 0.15) is 11.8 Å². The predicted molar refractivity (Wildman–Crippen MR) is 149 cm³/mol. The Kier molecular flexibility index (Phi) is 6.98. The van der Waals surface area contributed by atoms with E-state index in [9.17, 15) is 24.0 Å². The molecule has 1 saturated heterocycles. The average molecular weight is 566 g/mol. The first-order valence-electron chi connectivity index (χ1n) is 12.4. The van der Waals surface area contributed by atoms with Crippen molar-refractivity contribution in [3.05, 3.63) is 74.2 Å². The molecule has 11 heteroatoms. The fourth-order valence-electron chi connectivity index (χ4n) is 4.96. The van der Waals surface area contributed by atoms with Gasteiger partial charge in [-0.05, 0) is 50.2 Å². The lowest BCUT2D eigenvalue weighted by Gasteiger charge is -2.36. The van der Waals surface area contributed by atoms with Crippen molar-refractivity contribution >= 4 is 58.2 Å². The van der Waals surface area contributed by atoms with Gasteiger partial charge in [-0.25, -0.2) is 9.69 Å². The van der Waals surface area contributed by atoms with Crippen LogP contribution in [0.1, 0.15) is 41.6 Å². The summed E-state index contributed by atoms with van der Waals surface area (Å²) in [6.45, 7) is 7.41. The van der Waals surface area contributed by atoms with Crippen LogP contribution < -0.4 is 15.1 Å². The molecule has 0 saturated carbocycles. The lowest BCUT2D eigenvalue weighted by atomic mass is 9.76. The molecule has 3 heterocycles. The van der Waals surface area contributed by atoms with Crippen LogP contribution in [0.5, 0.6) is 0 Å². The SMILES string of the molecule is CCOC(=O)c1ccc(NC(=O)Cn2c3c(sc2=O)C(C)(C)[C@H]2C(=O)N(c4ccc(C)cc4)C(=O)[C@H]2S3)cc1. The second-order valence-corrected chi connectivity index (χ2v) is 12.1. The summed E-state index contributed by atoms with van der Waals surface area (Å²) in [5.74, 6) is -2.13. The Morgan fingerprint density at radius 2 is 1.67 bits per heavy atom. The Labute approximate surface area is 233 Å². The van der Waals surface area contributed by atoms with Crippen LogP contribution in [-0.2, 0) is 31.1 Å². The number of carbonyl (C=O) groups is 4. The Balaban J connectivity index is 1.39. The van der Waals surface area contributed by atoms with Gasteiger partial charge in [-0.3, -0.25) is 23.7 Å². The van der Waals surface area contributed by atoms with Gasteiger partial charge in [0.05, 0.1) is 28.8 Å². The van der Waals surface area contributed by atoms with Crippen LogP contribution in [-0.4, -0.2) is 40.1 Å². The molecule has 0 spiro atoms. The minimum atomic E-state index is -0.786. The first-order chi connectivity index (χ1) is 18.5. The number of hydrogen-bond acceptors (Lipinski definition) is 8. The number of anilines is 2. The van der Waals surface area contributed by atoms with Crippen LogP contribution in [0.4, 0.5) is 11.4 Å².